The van der Waals surface area contributed by atoms with Crippen molar-refractivity contribution in [2.24, 2.45) is 0 Å². The van der Waals surface area contributed by atoms with Crippen molar-refractivity contribution in [3.63, 3.8) is 0 Å². The summed E-state index contributed by atoms with van der Waals surface area (Å²) in [4.78, 5) is 0. The van der Waals surface area contributed by atoms with E-state index in [2.05, 4.69) is 0 Å². The number of phenols is 4. The van der Waals surface area contributed by atoms with E-state index in [1.165, 1.54) is 18.2 Å². The van der Waals surface area contributed by atoms with Crippen molar-refractivity contribution in [2.45, 2.75) is 38.4 Å². The molecule has 0 aliphatic carbocycles. The van der Waals surface area contributed by atoms with Gasteiger partial charge in [-0.2, -0.15) is 0 Å². The van der Waals surface area contributed by atoms with Gasteiger partial charge in [-0.15, -0.1) is 0 Å². The molecule has 24 heavy (non-hydrogen) atoms. The molecule has 0 amide bonds. The average molecular weight is 332 g/mol. The number of aliphatic hydroxyl groups is 1. The van der Waals surface area contributed by atoms with Crippen LogP contribution in [0.15, 0.2) is 24.3 Å². The first kappa shape index (κ1) is 16.3. The summed E-state index contributed by atoms with van der Waals surface area (Å²) in [6.07, 6.45) is -0.212. The van der Waals surface area contributed by atoms with E-state index in [9.17, 15) is 25.5 Å². The van der Waals surface area contributed by atoms with Gasteiger partial charge in [0.05, 0.1) is 6.10 Å². The number of fused-ring (bicyclic) bond motifs is 1. The molecule has 0 saturated heterocycles. The Kier molecular flexibility index (Phi) is 4.15. The molecule has 6 heteroatoms. The minimum absolute atomic E-state index is 0.0446. The summed E-state index contributed by atoms with van der Waals surface area (Å²) in [5.74, 6) is -0.351. The first-order valence-corrected chi connectivity index (χ1v) is 7.85. The van der Waals surface area contributed by atoms with Crippen LogP contribution in [0.4, 0.5) is 0 Å². The number of hydrogen-bond donors (Lipinski definition) is 5. The molecular formula is C18H20O6. The second kappa shape index (κ2) is 6.13. The van der Waals surface area contributed by atoms with E-state index >= 15 is 0 Å². The van der Waals surface area contributed by atoms with Gasteiger partial charge in [-0.3, -0.25) is 0 Å². The van der Waals surface area contributed by atoms with Crippen LogP contribution in [0.1, 0.15) is 36.1 Å². The number of aliphatic hydroxyl groups excluding tert-OH is 1. The molecule has 0 bridgehead atoms. The van der Waals surface area contributed by atoms with E-state index in [0.717, 1.165) is 6.42 Å². The van der Waals surface area contributed by atoms with E-state index in [4.69, 9.17) is 4.74 Å². The van der Waals surface area contributed by atoms with Gasteiger partial charge in [0.1, 0.15) is 23.4 Å². The second-order valence-corrected chi connectivity index (χ2v) is 6.01. The van der Waals surface area contributed by atoms with Gasteiger partial charge in [0.15, 0.2) is 11.5 Å². The fourth-order valence-electron chi connectivity index (χ4n) is 3.08. The third kappa shape index (κ3) is 2.69. The highest BCUT2D eigenvalue weighted by molar-refractivity contribution is 5.58. The van der Waals surface area contributed by atoms with Gasteiger partial charge in [-0.05, 0) is 24.1 Å². The first-order chi connectivity index (χ1) is 11.4. The Balaban J connectivity index is 2.06. The van der Waals surface area contributed by atoms with Gasteiger partial charge in [0, 0.05) is 23.6 Å². The topological polar surface area (TPSA) is 110 Å². The number of hydrogen-bond acceptors (Lipinski definition) is 6. The summed E-state index contributed by atoms with van der Waals surface area (Å²) in [7, 11) is 0. The Hall–Kier alpha value is -2.60. The molecule has 0 fully saturated rings. The Morgan fingerprint density at radius 3 is 2.42 bits per heavy atom. The summed E-state index contributed by atoms with van der Waals surface area (Å²) < 4.78 is 5.91. The molecule has 0 unspecified atom stereocenters. The summed E-state index contributed by atoms with van der Waals surface area (Å²) in [6, 6.07) is 5.47. The molecule has 2 atom stereocenters. The Labute approximate surface area is 139 Å². The van der Waals surface area contributed by atoms with Crippen LogP contribution in [0.2, 0.25) is 0 Å². The molecule has 3 rings (SSSR count). The first-order valence-electron chi connectivity index (χ1n) is 7.85. The second-order valence-electron chi connectivity index (χ2n) is 6.01. The fourth-order valence-corrected chi connectivity index (χ4v) is 3.08. The standard InChI is InChI=1S/C18H20O6/c1-2-3-10-13(20)8-14(21)11-7-16(23)17(24-18(10)11)9-4-5-12(19)15(22)6-9/h4-6,8,16-17,19-23H,2-3,7H2,1H3/t16-,17-/m1/s1. The lowest BCUT2D eigenvalue weighted by Gasteiger charge is -2.33. The van der Waals surface area contributed by atoms with Crippen LogP contribution in [0, 0.1) is 0 Å². The van der Waals surface area contributed by atoms with Crippen molar-refractivity contribution >= 4 is 0 Å². The molecule has 2 aromatic rings. The minimum atomic E-state index is -0.939. The van der Waals surface area contributed by atoms with Crippen LogP contribution in [0.3, 0.4) is 0 Å². The van der Waals surface area contributed by atoms with E-state index < -0.39 is 12.2 Å². The maximum absolute atomic E-state index is 10.4. The third-order valence-corrected chi connectivity index (χ3v) is 4.28. The molecule has 1 heterocycles. The average Bonchev–Trinajstić information content (AvgIpc) is 2.54. The zero-order valence-corrected chi connectivity index (χ0v) is 13.2. The van der Waals surface area contributed by atoms with Crippen molar-refractivity contribution in [1.29, 1.82) is 0 Å². The molecular weight excluding hydrogens is 312 g/mol. The van der Waals surface area contributed by atoms with Crippen molar-refractivity contribution in [1.82, 2.24) is 0 Å². The molecule has 0 spiro atoms. The van der Waals surface area contributed by atoms with E-state index in [1.54, 1.807) is 6.07 Å². The zero-order valence-electron chi connectivity index (χ0n) is 13.2. The summed E-state index contributed by atoms with van der Waals surface area (Å²) in [5, 5.41) is 49.7. The van der Waals surface area contributed by atoms with Gasteiger partial charge >= 0.3 is 0 Å². The van der Waals surface area contributed by atoms with Crippen molar-refractivity contribution in [3.8, 4) is 28.7 Å². The number of rotatable bonds is 3. The Morgan fingerprint density at radius 1 is 1.00 bits per heavy atom. The maximum atomic E-state index is 10.4. The predicted octanol–water partition coefficient (Wildman–Crippen LogP) is 2.50. The molecule has 1 aliphatic rings. The highest BCUT2D eigenvalue weighted by Gasteiger charge is 2.34. The molecule has 0 radical (unpaired) electrons. The molecule has 128 valence electrons. The SMILES string of the molecule is CCCc1c(O)cc(O)c2c1O[C@H](c1ccc(O)c(O)c1)[C@H](O)C2. The number of benzene rings is 2. The van der Waals surface area contributed by atoms with Crippen molar-refractivity contribution in [2.75, 3.05) is 0 Å². The molecule has 5 N–H and O–H groups in total. The Morgan fingerprint density at radius 2 is 1.75 bits per heavy atom. The number of phenolic OH excluding ortho intramolecular Hbond substituents is 4. The summed E-state index contributed by atoms with van der Waals surface area (Å²) >= 11 is 0. The van der Waals surface area contributed by atoms with Crippen LogP contribution in [0.25, 0.3) is 0 Å². The summed E-state index contributed by atoms with van der Waals surface area (Å²) in [6.45, 7) is 1.96. The van der Waals surface area contributed by atoms with Gasteiger partial charge in [0.2, 0.25) is 0 Å². The van der Waals surface area contributed by atoms with Gasteiger partial charge in [-0.25, -0.2) is 0 Å². The zero-order chi connectivity index (χ0) is 17.4. The van der Waals surface area contributed by atoms with Gasteiger partial charge in [-0.1, -0.05) is 19.4 Å². The van der Waals surface area contributed by atoms with Crippen LogP contribution in [-0.4, -0.2) is 31.6 Å². The maximum Gasteiger partial charge on any atom is 0.157 e. The van der Waals surface area contributed by atoms with Crippen molar-refractivity contribution in [3.05, 3.63) is 41.0 Å². The lowest BCUT2D eigenvalue weighted by Crippen LogP contribution is -2.31. The number of aromatic hydroxyl groups is 4. The lowest BCUT2D eigenvalue weighted by molar-refractivity contribution is 0.0189. The number of ether oxygens (including phenoxy) is 1. The normalized spacial score (nSPS) is 19.6. The molecule has 6 nitrogen and oxygen atoms in total. The largest absolute Gasteiger partial charge is 0.507 e. The molecule has 1 aliphatic heterocycles. The van der Waals surface area contributed by atoms with Crippen LogP contribution < -0.4 is 4.74 Å². The van der Waals surface area contributed by atoms with Crippen LogP contribution in [0.5, 0.6) is 28.7 Å². The molecule has 2 aromatic carbocycles. The van der Waals surface area contributed by atoms with Gasteiger partial charge < -0.3 is 30.3 Å². The summed E-state index contributed by atoms with van der Waals surface area (Å²) in [5.41, 5.74) is 1.54. The Bertz CT molecular complexity index is 750. The van der Waals surface area contributed by atoms with Crippen LogP contribution >= 0.6 is 0 Å². The van der Waals surface area contributed by atoms with E-state index in [1.807, 2.05) is 6.92 Å². The smallest absolute Gasteiger partial charge is 0.157 e. The molecule has 0 aromatic heterocycles. The monoisotopic (exact) mass is 332 g/mol. The quantitative estimate of drug-likeness (QED) is 0.552. The van der Waals surface area contributed by atoms with Crippen LogP contribution in [-0.2, 0) is 12.8 Å². The van der Waals surface area contributed by atoms with Gasteiger partial charge in [0.25, 0.3) is 0 Å². The van der Waals surface area contributed by atoms with Crippen molar-refractivity contribution < 1.29 is 30.3 Å². The highest BCUT2D eigenvalue weighted by atomic mass is 16.5. The predicted molar refractivity (Wildman–Crippen MR) is 86.6 cm³/mol. The fraction of sp³-hybridized carbons (Fsp3) is 0.333. The van der Waals surface area contributed by atoms with E-state index in [0.29, 0.717) is 28.9 Å². The highest BCUT2D eigenvalue weighted by Crippen LogP contribution is 2.46. The minimum Gasteiger partial charge on any atom is -0.507 e. The van der Waals surface area contributed by atoms with E-state index in [-0.39, 0.29) is 29.4 Å². The lowest BCUT2D eigenvalue weighted by atomic mass is 9.91. The molecule has 0 saturated carbocycles. The third-order valence-electron chi connectivity index (χ3n) is 4.28.